The summed E-state index contributed by atoms with van der Waals surface area (Å²) in [4.78, 5) is 19.0. The van der Waals surface area contributed by atoms with Crippen LogP contribution < -0.4 is 4.74 Å². The Morgan fingerprint density at radius 2 is 2.15 bits per heavy atom. The molecular weight excluding hydrogens is 432 g/mol. The van der Waals surface area contributed by atoms with Gasteiger partial charge in [0.25, 0.3) is 0 Å². The maximum absolute atomic E-state index is 13.6. The Kier molecular flexibility index (Phi) is 7.27. The van der Waals surface area contributed by atoms with Crippen molar-refractivity contribution in [3.8, 4) is 5.75 Å². The van der Waals surface area contributed by atoms with Gasteiger partial charge in [0.05, 0.1) is 18.2 Å². The van der Waals surface area contributed by atoms with Gasteiger partial charge in [-0.2, -0.15) is 0 Å². The highest BCUT2D eigenvalue weighted by molar-refractivity contribution is 7.10. The van der Waals surface area contributed by atoms with Gasteiger partial charge in [-0.15, -0.1) is 17.9 Å². The molecular formula is C27H36N2O3S. The topological polar surface area (TPSA) is 53.0 Å². The number of rotatable bonds is 10. The third kappa shape index (κ3) is 6.05. The van der Waals surface area contributed by atoms with Gasteiger partial charge >= 0.3 is 0 Å². The Hall–Kier alpha value is -2.15. The molecule has 5 nitrogen and oxygen atoms in total. The van der Waals surface area contributed by atoms with Gasteiger partial charge in [-0.3, -0.25) is 9.69 Å². The fraction of sp³-hybridized carbons (Fsp3) is 0.519. The van der Waals surface area contributed by atoms with E-state index in [9.17, 15) is 9.90 Å². The van der Waals surface area contributed by atoms with E-state index in [0.717, 1.165) is 24.3 Å². The molecule has 33 heavy (non-hydrogen) atoms. The molecule has 2 heterocycles. The number of hydrogen-bond donors (Lipinski definition) is 1. The van der Waals surface area contributed by atoms with Gasteiger partial charge in [0.1, 0.15) is 12.4 Å². The summed E-state index contributed by atoms with van der Waals surface area (Å²) in [6.45, 7) is 12.3. The molecule has 1 aliphatic carbocycles. The molecule has 0 bridgehead atoms. The van der Waals surface area contributed by atoms with Crippen LogP contribution in [0.5, 0.6) is 5.75 Å². The standard InChI is InChI=1S/C27H36N2O3S/c1-5-27(4,31)18-28(15-21-7-8-21)16-26(30)29-12-10-25-22(11-13-33-25)23(29)17-32-24-9-6-19(2)14-20(24)3/h5-6,9,11,13-14,21,23,31H,1,7-8,10,12,15-18H2,2-4H3/t23-,27-/m0/s1. The molecule has 0 spiro atoms. The molecule has 2 atom stereocenters. The predicted octanol–water partition coefficient (Wildman–Crippen LogP) is 4.52. The maximum Gasteiger partial charge on any atom is 0.237 e. The van der Waals surface area contributed by atoms with Crippen LogP contribution in [0.3, 0.4) is 0 Å². The molecule has 1 fully saturated rings. The van der Waals surface area contributed by atoms with Crippen molar-refractivity contribution in [1.29, 1.82) is 0 Å². The van der Waals surface area contributed by atoms with E-state index in [1.54, 1.807) is 24.3 Å². The van der Waals surface area contributed by atoms with Crippen molar-refractivity contribution in [2.24, 2.45) is 5.92 Å². The van der Waals surface area contributed by atoms with E-state index in [2.05, 4.69) is 48.9 Å². The SMILES string of the molecule is C=C[C@](C)(O)CN(CC(=O)N1CCc2sccc2[C@@H]1COc1ccc(C)cc1C)CC1CC1. The van der Waals surface area contributed by atoms with Crippen LogP contribution in [-0.4, -0.2) is 59.2 Å². The zero-order valence-electron chi connectivity index (χ0n) is 20.0. The number of amides is 1. The van der Waals surface area contributed by atoms with Gasteiger partial charge in [-0.25, -0.2) is 0 Å². The van der Waals surface area contributed by atoms with Gasteiger partial charge < -0.3 is 14.7 Å². The quantitative estimate of drug-likeness (QED) is 0.521. The lowest BCUT2D eigenvalue weighted by Crippen LogP contribution is -2.49. The van der Waals surface area contributed by atoms with Crippen molar-refractivity contribution in [2.75, 3.05) is 32.8 Å². The molecule has 1 aliphatic heterocycles. The highest BCUT2D eigenvalue weighted by Crippen LogP contribution is 2.35. The first kappa shape index (κ1) is 24.0. The highest BCUT2D eigenvalue weighted by atomic mass is 32.1. The van der Waals surface area contributed by atoms with Crippen molar-refractivity contribution in [2.45, 2.75) is 51.7 Å². The second kappa shape index (κ2) is 10.00. The zero-order valence-corrected chi connectivity index (χ0v) is 20.9. The maximum atomic E-state index is 13.6. The molecule has 2 aliphatic rings. The number of aliphatic hydroxyl groups is 1. The molecule has 1 N–H and O–H groups in total. The lowest BCUT2D eigenvalue weighted by atomic mass is 10.00. The molecule has 2 aromatic rings. The summed E-state index contributed by atoms with van der Waals surface area (Å²) in [5, 5.41) is 12.7. The minimum absolute atomic E-state index is 0.0987. The molecule has 0 radical (unpaired) electrons. The van der Waals surface area contributed by atoms with Crippen LogP contribution in [0, 0.1) is 19.8 Å². The summed E-state index contributed by atoms with van der Waals surface area (Å²) in [6, 6.07) is 8.23. The van der Waals surface area contributed by atoms with Crippen LogP contribution in [0.4, 0.5) is 0 Å². The van der Waals surface area contributed by atoms with Crippen LogP contribution in [0.25, 0.3) is 0 Å². The van der Waals surface area contributed by atoms with Crippen molar-refractivity contribution >= 4 is 17.2 Å². The number of benzene rings is 1. The Balaban J connectivity index is 1.49. The second-order valence-corrected chi connectivity index (χ2v) is 10.9. The Morgan fingerprint density at radius 3 is 2.85 bits per heavy atom. The zero-order chi connectivity index (χ0) is 23.6. The van der Waals surface area contributed by atoms with Gasteiger partial charge in [0.15, 0.2) is 0 Å². The number of nitrogens with zero attached hydrogens (tertiary/aromatic N) is 2. The van der Waals surface area contributed by atoms with Gasteiger partial charge in [0.2, 0.25) is 5.91 Å². The molecule has 178 valence electrons. The number of carbonyl (C=O) groups is 1. The summed E-state index contributed by atoms with van der Waals surface area (Å²) in [5.41, 5.74) is 2.51. The average molecular weight is 469 g/mol. The van der Waals surface area contributed by atoms with Crippen LogP contribution in [0.15, 0.2) is 42.3 Å². The molecule has 0 unspecified atom stereocenters. The molecule has 0 saturated heterocycles. The number of fused-ring (bicyclic) bond motifs is 1. The Bertz CT molecular complexity index is 995. The van der Waals surface area contributed by atoms with Crippen LogP contribution in [-0.2, 0) is 11.2 Å². The Labute approximate surface area is 201 Å². The molecule has 4 rings (SSSR count). The highest BCUT2D eigenvalue weighted by Gasteiger charge is 2.35. The number of aryl methyl sites for hydroxylation is 2. The monoisotopic (exact) mass is 468 g/mol. The molecule has 1 amide bonds. The average Bonchev–Trinajstić information content (AvgIpc) is 3.44. The first-order chi connectivity index (χ1) is 15.8. The van der Waals surface area contributed by atoms with Crippen LogP contribution >= 0.6 is 11.3 Å². The summed E-state index contributed by atoms with van der Waals surface area (Å²) in [7, 11) is 0. The molecule has 1 aromatic heterocycles. The summed E-state index contributed by atoms with van der Waals surface area (Å²) in [6.07, 6.45) is 4.85. The lowest BCUT2D eigenvalue weighted by Gasteiger charge is -2.38. The third-order valence-electron chi connectivity index (χ3n) is 6.70. The first-order valence-corrected chi connectivity index (χ1v) is 12.8. The Morgan fingerprint density at radius 1 is 1.36 bits per heavy atom. The number of carbonyl (C=O) groups excluding carboxylic acids is 1. The smallest absolute Gasteiger partial charge is 0.237 e. The summed E-state index contributed by atoms with van der Waals surface area (Å²) in [5.74, 6) is 1.60. The number of ether oxygens (including phenoxy) is 1. The minimum atomic E-state index is -1.01. The van der Waals surface area contributed by atoms with E-state index in [1.807, 2.05) is 11.0 Å². The minimum Gasteiger partial charge on any atom is -0.491 e. The van der Waals surface area contributed by atoms with E-state index in [4.69, 9.17) is 4.74 Å². The summed E-state index contributed by atoms with van der Waals surface area (Å²) < 4.78 is 6.26. The van der Waals surface area contributed by atoms with E-state index >= 15 is 0 Å². The fourth-order valence-electron chi connectivity index (χ4n) is 4.65. The number of hydrogen-bond acceptors (Lipinski definition) is 5. The molecule has 1 aromatic carbocycles. The lowest BCUT2D eigenvalue weighted by molar-refractivity contribution is -0.136. The largest absolute Gasteiger partial charge is 0.491 e. The van der Waals surface area contributed by atoms with E-state index in [-0.39, 0.29) is 11.9 Å². The first-order valence-electron chi connectivity index (χ1n) is 11.9. The number of thiophene rings is 1. The van der Waals surface area contributed by atoms with E-state index in [1.165, 1.54) is 28.8 Å². The van der Waals surface area contributed by atoms with Crippen LogP contribution in [0.2, 0.25) is 0 Å². The van der Waals surface area contributed by atoms with Gasteiger partial charge in [-0.1, -0.05) is 23.8 Å². The third-order valence-corrected chi connectivity index (χ3v) is 7.69. The van der Waals surface area contributed by atoms with Gasteiger partial charge in [0, 0.05) is 24.5 Å². The summed E-state index contributed by atoms with van der Waals surface area (Å²) >= 11 is 1.76. The van der Waals surface area contributed by atoms with Gasteiger partial charge in [-0.05, 0) is 74.6 Å². The van der Waals surface area contributed by atoms with E-state index in [0.29, 0.717) is 32.2 Å². The molecule has 1 saturated carbocycles. The van der Waals surface area contributed by atoms with Crippen LogP contribution in [0.1, 0.15) is 47.4 Å². The normalized spacial score (nSPS) is 19.8. The second-order valence-electron chi connectivity index (χ2n) is 9.91. The van der Waals surface area contributed by atoms with Crippen molar-refractivity contribution in [3.05, 3.63) is 63.9 Å². The van der Waals surface area contributed by atoms with Crippen molar-refractivity contribution in [1.82, 2.24) is 9.80 Å². The molecule has 6 heteroatoms. The van der Waals surface area contributed by atoms with E-state index < -0.39 is 5.60 Å². The fourth-order valence-corrected chi connectivity index (χ4v) is 5.58. The van der Waals surface area contributed by atoms with Crippen molar-refractivity contribution in [3.63, 3.8) is 0 Å². The predicted molar refractivity (Wildman–Crippen MR) is 134 cm³/mol. The van der Waals surface area contributed by atoms with Crippen molar-refractivity contribution < 1.29 is 14.6 Å².